The highest BCUT2D eigenvalue weighted by molar-refractivity contribution is 5.95. The Morgan fingerprint density at radius 2 is 2.17 bits per heavy atom. The molecule has 2 heterocycles. The Bertz CT molecular complexity index is 727. The van der Waals surface area contributed by atoms with Gasteiger partial charge in [-0.15, -0.1) is 0 Å². The number of fused-ring (bicyclic) bond motifs is 1. The molecule has 1 aliphatic heterocycles. The number of carbonyl (C=O) groups is 1. The van der Waals surface area contributed by atoms with Crippen LogP contribution < -0.4 is 4.90 Å². The van der Waals surface area contributed by atoms with Gasteiger partial charge in [-0.1, -0.05) is 25.1 Å². The Labute approximate surface area is 137 Å². The number of carbonyl (C=O) groups excluding carboxylic acids is 1. The SMILES string of the molecule is COC(=O)Cc1c(C)nc2ccccc2c1N1CCCC(C)C1. The summed E-state index contributed by atoms with van der Waals surface area (Å²) in [7, 11) is 1.44. The zero-order chi connectivity index (χ0) is 16.4. The molecule has 23 heavy (non-hydrogen) atoms. The van der Waals surface area contributed by atoms with Gasteiger partial charge in [-0.3, -0.25) is 9.78 Å². The third-order valence-corrected chi connectivity index (χ3v) is 4.69. The third kappa shape index (κ3) is 3.16. The number of aryl methyl sites for hydroxylation is 1. The fourth-order valence-corrected chi connectivity index (χ4v) is 3.54. The van der Waals surface area contributed by atoms with Crippen LogP contribution in [-0.2, 0) is 16.0 Å². The minimum absolute atomic E-state index is 0.212. The summed E-state index contributed by atoms with van der Waals surface area (Å²) in [5.41, 5.74) is 4.09. The molecule has 3 rings (SSSR count). The molecular formula is C19H24N2O2. The fourth-order valence-electron chi connectivity index (χ4n) is 3.54. The van der Waals surface area contributed by atoms with E-state index in [1.807, 2.05) is 25.1 Å². The topological polar surface area (TPSA) is 42.4 Å². The van der Waals surface area contributed by atoms with E-state index >= 15 is 0 Å². The van der Waals surface area contributed by atoms with Gasteiger partial charge in [0, 0.05) is 29.7 Å². The van der Waals surface area contributed by atoms with Crippen LogP contribution in [-0.4, -0.2) is 31.2 Å². The van der Waals surface area contributed by atoms with E-state index in [2.05, 4.69) is 17.9 Å². The molecule has 4 nitrogen and oxygen atoms in total. The van der Waals surface area contributed by atoms with Gasteiger partial charge in [-0.05, 0) is 31.7 Å². The molecule has 1 atom stereocenters. The lowest BCUT2D eigenvalue weighted by atomic mass is 9.96. The van der Waals surface area contributed by atoms with Crippen molar-refractivity contribution < 1.29 is 9.53 Å². The summed E-state index contributed by atoms with van der Waals surface area (Å²) in [5, 5.41) is 1.13. The van der Waals surface area contributed by atoms with E-state index in [1.54, 1.807) is 0 Å². The molecule has 0 amide bonds. The number of pyridine rings is 1. The molecule has 1 aromatic carbocycles. The van der Waals surface area contributed by atoms with Gasteiger partial charge in [0.2, 0.25) is 0 Å². The average Bonchev–Trinajstić information content (AvgIpc) is 2.55. The fraction of sp³-hybridized carbons (Fsp3) is 0.474. The first-order valence-electron chi connectivity index (χ1n) is 8.30. The standard InChI is InChI=1S/C19H24N2O2/c1-13-7-6-10-21(12-13)19-15-8-4-5-9-17(15)20-14(2)16(19)11-18(22)23-3/h4-5,8-9,13H,6-7,10-12H2,1-3H3. The first-order valence-corrected chi connectivity index (χ1v) is 8.30. The van der Waals surface area contributed by atoms with Crippen molar-refractivity contribution in [3.63, 3.8) is 0 Å². The maximum atomic E-state index is 11.9. The minimum Gasteiger partial charge on any atom is -0.469 e. The second-order valence-electron chi connectivity index (χ2n) is 6.49. The normalized spacial score (nSPS) is 18.2. The highest BCUT2D eigenvalue weighted by Gasteiger charge is 2.24. The first kappa shape index (κ1) is 15.8. The lowest BCUT2D eigenvalue weighted by molar-refractivity contribution is -0.139. The number of esters is 1. The molecule has 2 aromatic rings. The zero-order valence-corrected chi connectivity index (χ0v) is 14.1. The number of methoxy groups -OCH3 is 1. The summed E-state index contributed by atoms with van der Waals surface area (Å²) in [6.07, 6.45) is 2.74. The van der Waals surface area contributed by atoms with Gasteiger partial charge in [-0.2, -0.15) is 0 Å². The largest absolute Gasteiger partial charge is 0.469 e. The summed E-state index contributed by atoms with van der Waals surface area (Å²) in [6.45, 7) is 6.34. The summed E-state index contributed by atoms with van der Waals surface area (Å²) < 4.78 is 4.90. The highest BCUT2D eigenvalue weighted by atomic mass is 16.5. The summed E-state index contributed by atoms with van der Waals surface area (Å²) in [6, 6.07) is 8.20. The number of piperidine rings is 1. The number of rotatable bonds is 3. The van der Waals surface area contributed by atoms with Crippen LogP contribution in [0.3, 0.4) is 0 Å². The van der Waals surface area contributed by atoms with Crippen molar-refractivity contribution in [2.24, 2.45) is 5.92 Å². The van der Waals surface area contributed by atoms with Crippen LogP contribution >= 0.6 is 0 Å². The van der Waals surface area contributed by atoms with Crippen LogP contribution in [0.2, 0.25) is 0 Å². The molecule has 1 saturated heterocycles. The number of hydrogen-bond acceptors (Lipinski definition) is 4. The minimum atomic E-state index is -0.212. The van der Waals surface area contributed by atoms with Gasteiger partial charge >= 0.3 is 5.97 Å². The Kier molecular flexibility index (Phi) is 4.51. The van der Waals surface area contributed by atoms with Crippen LogP contribution in [0.15, 0.2) is 24.3 Å². The van der Waals surface area contributed by atoms with Crippen LogP contribution in [0.25, 0.3) is 10.9 Å². The Morgan fingerprint density at radius 1 is 1.39 bits per heavy atom. The van der Waals surface area contributed by atoms with E-state index in [1.165, 1.54) is 25.6 Å². The molecule has 0 saturated carbocycles. The van der Waals surface area contributed by atoms with Gasteiger partial charge in [0.1, 0.15) is 0 Å². The third-order valence-electron chi connectivity index (χ3n) is 4.69. The highest BCUT2D eigenvalue weighted by Crippen LogP contribution is 2.34. The van der Waals surface area contributed by atoms with Gasteiger partial charge in [0.05, 0.1) is 24.7 Å². The van der Waals surface area contributed by atoms with E-state index in [-0.39, 0.29) is 12.4 Å². The molecule has 1 unspecified atom stereocenters. The second-order valence-corrected chi connectivity index (χ2v) is 6.49. The monoisotopic (exact) mass is 312 g/mol. The van der Waals surface area contributed by atoms with E-state index in [9.17, 15) is 4.79 Å². The van der Waals surface area contributed by atoms with E-state index in [0.717, 1.165) is 35.2 Å². The van der Waals surface area contributed by atoms with Crippen LogP contribution in [0.5, 0.6) is 0 Å². The Morgan fingerprint density at radius 3 is 2.91 bits per heavy atom. The van der Waals surface area contributed by atoms with Gasteiger partial charge in [0.25, 0.3) is 0 Å². The second kappa shape index (κ2) is 6.57. The number of nitrogens with zero attached hydrogens (tertiary/aromatic N) is 2. The van der Waals surface area contributed by atoms with Gasteiger partial charge in [0.15, 0.2) is 0 Å². The predicted octanol–water partition coefficient (Wildman–Crippen LogP) is 3.50. The van der Waals surface area contributed by atoms with Crippen molar-refractivity contribution in [2.45, 2.75) is 33.1 Å². The average molecular weight is 312 g/mol. The summed E-state index contributed by atoms with van der Waals surface area (Å²) in [4.78, 5) is 19.0. The van der Waals surface area contributed by atoms with Crippen molar-refractivity contribution >= 4 is 22.6 Å². The smallest absolute Gasteiger partial charge is 0.310 e. The van der Waals surface area contributed by atoms with Crippen LogP contribution in [0.1, 0.15) is 31.0 Å². The number of anilines is 1. The Hall–Kier alpha value is -2.10. The maximum absolute atomic E-state index is 11.9. The van der Waals surface area contributed by atoms with Gasteiger partial charge < -0.3 is 9.64 Å². The molecule has 0 N–H and O–H groups in total. The Balaban J connectivity index is 2.17. The molecule has 0 spiro atoms. The lowest BCUT2D eigenvalue weighted by Gasteiger charge is -2.35. The predicted molar refractivity (Wildman–Crippen MR) is 92.8 cm³/mol. The van der Waals surface area contributed by atoms with Crippen molar-refractivity contribution in [1.29, 1.82) is 0 Å². The van der Waals surface area contributed by atoms with E-state index < -0.39 is 0 Å². The van der Waals surface area contributed by atoms with Crippen molar-refractivity contribution in [3.05, 3.63) is 35.5 Å². The number of ether oxygens (including phenoxy) is 1. The number of aromatic nitrogens is 1. The first-order chi connectivity index (χ1) is 11.1. The van der Waals surface area contributed by atoms with Crippen LogP contribution in [0.4, 0.5) is 5.69 Å². The molecule has 0 aliphatic carbocycles. The molecule has 4 heteroatoms. The van der Waals surface area contributed by atoms with E-state index in [0.29, 0.717) is 5.92 Å². The number of para-hydroxylation sites is 1. The number of hydrogen-bond donors (Lipinski definition) is 0. The maximum Gasteiger partial charge on any atom is 0.310 e. The molecule has 122 valence electrons. The molecule has 0 bridgehead atoms. The van der Waals surface area contributed by atoms with Crippen LogP contribution in [0, 0.1) is 12.8 Å². The van der Waals surface area contributed by atoms with Crippen molar-refractivity contribution in [3.8, 4) is 0 Å². The van der Waals surface area contributed by atoms with E-state index in [4.69, 9.17) is 9.72 Å². The quantitative estimate of drug-likeness (QED) is 0.814. The summed E-state index contributed by atoms with van der Waals surface area (Å²) in [5.74, 6) is 0.457. The zero-order valence-electron chi connectivity index (χ0n) is 14.1. The molecule has 1 fully saturated rings. The molecular weight excluding hydrogens is 288 g/mol. The molecule has 0 radical (unpaired) electrons. The molecule has 1 aromatic heterocycles. The summed E-state index contributed by atoms with van der Waals surface area (Å²) >= 11 is 0. The van der Waals surface area contributed by atoms with Gasteiger partial charge in [-0.25, -0.2) is 0 Å². The van der Waals surface area contributed by atoms with Crippen molar-refractivity contribution in [2.75, 3.05) is 25.1 Å². The number of benzene rings is 1. The van der Waals surface area contributed by atoms with Crippen molar-refractivity contribution in [1.82, 2.24) is 4.98 Å². The lowest BCUT2D eigenvalue weighted by Crippen LogP contribution is -2.35. The molecule has 1 aliphatic rings.